The molecule has 0 aliphatic carbocycles. The second-order valence-corrected chi connectivity index (χ2v) is 6.66. The molecule has 6 nitrogen and oxygen atoms in total. The number of methoxy groups -OCH3 is 1. The maximum atomic E-state index is 13.2. The molecule has 1 aromatic carbocycles. The number of para-hydroxylation sites is 1. The number of rotatable bonds is 2. The third-order valence-corrected chi connectivity index (χ3v) is 5.62. The lowest BCUT2D eigenvalue weighted by atomic mass is 9.76. The minimum atomic E-state index is -0.971. The highest BCUT2D eigenvalue weighted by molar-refractivity contribution is 6.08. The molecule has 1 N–H and O–H groups in total. The van der Waals surface area contributed by atoms with Crippen molar-refractivity contribution in [3.8, 4) is 0 Å². The van der Waals surface area contributed by atoms with Crippen LogP contribution in [0.15, 0.2) is 47.1 Å². The molecule has 0 radical (unpaired) electrons. The molecular formula is C19H20N2O4. The van der Waals surface area contributed by atoms with E-state index in [4.69, 9.17) is 9.15 Å². The van der Waals surface area contributed by atoms with Gasteiger partial charge >= 0.3 is 5.97 Å². The molecule has 2 aliphatic rings. The zero-order chi connectivity index (χ0) is 17.8. The van der Waals surface area contributed by atoms with Crippen molar-refractivity contribution >= 4 is 17.6 Å². The second kappa shape index (κ2) is 5.46. The molecule has 1 aromatic heterocycles. The number of esters is 1. The van der Waals surface area contributed by atoms with Crippen molar-refractivity contribution in [3.05, 3.63) is 54.0 Å². The predicted octanol–water partition coefficient (Wildman–Crippen LogP) is 2.22. The van der Waals surface area contributed by atoms with Crippen molar-refractivity contribution in [2.24, 2.45) is 11.8 Å². The van der Waals surface area contributed by atoms with E-state index in [-0.39, 0.29) is 17.8 Å². The summed E-state index contributed by atoms with van der Waals surface area (Å²) in [6.07, 6.45) is 1.57. The number of nitrogens with zero attached hydrogens (tertiary/aromatic N) is 1. The largest absolute Gasteiger partial charge is 0.469 e. The molecule has 1 saturated heterocycles. The normalized spacial score (nSPS) is 30.8. The van der Waals surface area contributed by atoms with Crippen LogP contribution in [-0.2, 0) is 19.9 Å². The molecule has 130 valence electrons. The number of ether oxygens (including phenoxy) is 1. The van der Waals surface area contributed by atoms with Gasteiger partial charge in [-0.05, 0) is 18.2 Å². The first-order chi connectivity index (χ1) is 12.0. The molecule has 3 heterocycles. The Morgan fingerprint density at radius 1 is 1.28 bits per heavy atom. The molecule has 1 amide bonds. The summed E-state index contributed by atoms with van der Waals surface area (Å²) < 4.78 is 10.6. The zero-order valence-corrected chi connectivity index (χ0v) is 14.4. The van der Waals surface area contributed by atoms with Crippen molar-refractivity contribution in [1.29, 1.82) is 0 Å². The predicted molar refractivity (Wildman–Crippen MR) is 90.8 cm³/mol. The quantitative estimate of drug-likeness (QED) is 0.849. The lowest BCUT2D eigenvalue weighted by molar-refractivity contribution is -0.147. The number of carbonyl (C=O) groups excluding carboxylic acids is 2. The van der Waals surface area contributed by atoms with Gasteiger partial charge in [-0.25, -0.2) is 0 Å². The highest BCUT2D eigenvalue weighted by Crippen LogP contribution is 2.54. The van der Waals surface area contributed by atoms with Crippen LogP contribution in [0.3, 0.4) is 0 Å². The number of amides is 1. The van der Waals surface area contributed by atoms with Gasteiger partial charge in [0.05, 0.1) is 25.3 Å². The second-order valence-electron chi connectivity index (χ2n) is 6.66. The molecule has 1 fully saturated rings. The molecule has 0 unspecified atom stereocenters. The van der Waals surface area contributed by atoms with Crippen LogP contribution < -0.4 is 10.2 Å². The molecule has 25 heavy (non-hydrogen) atoms. The number of carbonyl (C=O) groups is 2. The molecule has 6 heteroatoms. The van der Waals surface area contributed by atoms with Gasteiger partial charge in [0, 0.05) is 24.2 Å². The molecule has 2 aliphatic heterocycles. The van der Waals surface area contributed by atoms with E-state index in [2.05, 4.69) is 5.32 Å². The van der Waals surface area contributed by atoms with Crippen LogP contribution in [0.4, 0.5) is 5.69 Å². The summed E-state index contributed by atoms with van der Waals surface area (Å²) in [5, 5.41) is 3.43. The fourth-order valence-corrected chi connectivity index (χ4v) is 4.39. The third-order valence-electron chi connectivity index (χ3n) is 5.62. The van der Waals surface area contributed by atoms with Gasteiger partial charge in [0.15, 0.2) is 0 Å². The number of likely N-dealkylation sites (N-methyl/N-ethyl adjacent to an activating group) is 1. The monoisotopic (exact) mass is 340 g/mol. The summed E-state index contributed by atoms with van der Waals surface area (Å²) in [4.78, 5) is 27.4. The number of hydrogen-bond acceptors (Lipinski definition) is 5. The van der Waals surface area contributed by atoms with E-state index >= 15 is 0 Å². The first-order valence-corrected chi connectivity index (χ1v) is 8.29. The molecule has 0 saturated carbocycles. The van der Waals surface area contributed by atoms with E-state index < -0.39 is 17.5 Å². The van der Waals surface area contributed by atoms with Crippen LogP contribution in [0.1, 0.15) is 24.3 Å². The van der Waals surface area contributed by atoms with Crippen LogP contribution in [0, 0.1) is 11.8 Å². The van der Waals surface area contributed by atoms with Crippen LogP contribution in [0.2, 0.25) is 0 Å². The van der Waals surface area contributed by atoms with Crippen molar-refractivity contribution < 1.29 is 18.7 Å². The van der Waals surface area contributed by atoms with Gasteiger partial charge in [-0.3, -0.25) is 14.9 Å². The lowest BCUT2D eigenvalue weighted by Gasteiger charge is -2.29. The SMILES string of the molecule is COC(=O)[C@@H]1[C@H](c2ccco2)N[C@@]2(C(=O)N(C)c3ccccc32)[C@H]1C. The first kappa shape index (κ1) is 15.9. The Balaban J connectivity index is 1.89. The van der Waals surface area contributed by atoms with Gasteiger partial charge in [0.25, 0.3) is 5.91 Å². The zero-order valence-electron chi connectivity index (χ0n) is 14.4. The Hall–Kier alpha value is -2.60. The highest BCUT2D eigenvalue weighted by atomic mass is 16.5. The minimum Gasteiger partial charge on any atom is -0.469 e. The van der Waals surface area contributed by atoms with E-state index in [1.54, 1.807) is 24.3 Å². The van der Waals surface area contributed by atoms with E-state index in [0.29, 0.717) is 5.76 Å². The summed E-state index contributed by atoms with van der Waals surface area (Å²) in [7, 11) is 3.13. The smallest absolute Gasteiger partial charge is 0.311 e. The molecular weight excluding hydrogens is 320 g/mol. The standard InChI is InChI=1S/C19H20N2O4/c1-11-15(17(22)24-3)16(14-9-6-10-25-14)20-19(11)12-7-4-5-8-13(12)21(2)18(19)23/h4-11,15-16,20H,1-3H3/t11-,15-,16-,19-/m0/s1. The summed E-state index contributed by atoms with van der Waals surface area (Å²) in [5.41, 5.74) is 0.773. The average molecular weight is 340 g/mol. The van der Waals surface area contributed by atoms with E-state index in [0.717, 1.165) is 11.3 Å². The molecule has 1 spiro atoms. The number of anilines is 1. The number of benzene rings is 1. The first-order valence-electron chi connectivity index (χ1n) is 8.29. The maximum Gasteiger partial charge on any atom is 0.311 e. The van der Waals surface area contributed by atoms with Crippen molar-refractivity contribution in [3.63, 3.8) is 0 Å². The number of fused-ring (bicyclic) bond motifs is 2. The minimum absolute atomic E-state index is 0.0656. The van der Waals surface area contributed by atoms with Crippen LogP contribution in [0.5, 0.6) is 0 Å². The fraction of sp³-hybridized carbons (Fsp3) is 0.368. The van der Waals surface area contributed by atoms with Crippen molar-refractivity contribution in [1.82, 2.24) is 5.32 Å². The Morgan fingerprint density at radius 2 is 2.04 bits per heavy atom. The summed E-state index contributed by atoms with van der Waals surface area (Å²) in [6, 6.07) is 10.8. The van der Waals surface area contributed by atoms with E-state index in [9.17, 15) is 9.59 Å². The van der Waals surface area contributed by atoms with Gasteiger partial charge in [-0.15, -0.1) is 0 Å². The highest BCUT2D eigenvalue weighted by Gasteiger charge is 2.64. The van der Waals surface area contributed by atoms with Gasteiger partial charge < -0.3 is 14.1 Å². The maximum absolute atomic E-state index is 13.2. The molecule has 2 aromatic rings. The Bertz CT molecular complexity index is 832. The van der Waals surface area contributed by atoms with E-state index in [1.807, 2.05) is 37.3 Å². The Labute approximate surface area is 145 Å². The molecule has 4 rings (SSSR count). The van der Waals surface area contributed by atoms with Gasteiger partial charge in [-0.2, -0.15) is 0 Å². The lowest BCUT2D eigenvalue weighted by Crippen LogP contribution is -2.50. The number of nitrogens with one attached hydrogen (secondary N) is 1. The van der Waals surface area contributed by atoms with Gasteiger partial charge in [0.2, 0.25) is 0 Å². The molecule has 0 bridgehead atoms. The van der Waals surface area contributed by atoms with Crippen LogP contribution >= 0.6 is 0 Å². The average Bonchev–Trinajstić information content (AvgIpc) is 3.31. The topological polar surface area (TPSA) is 71.8 Å². The Kier molecular flexibility index (Phi) is 3.47. The summed E-state index contributed by atoms with van der Waals surface area (Å²) in [6.45, 7) is 1.92. The summed E-state index contributed by atoms with van der Waals surface area (Å²) in [5.74, 6) is -0.616. The van der Waals surface area contributed by atoms with Gasteiger partial charge in [-0.1, -0.05) is 25.1 Å². The van der Waals surface area contributed by atoms with Crippen LogP contribution in [0.25, 0.3) is 0 Å². The number of hydrogen-bond donors (Lipinski definition) is 1. The molecule has 4 atom stereocenters. The Morgan fingerprint density at radius 3 is 2.72 bits per heavy atom. The van der Waals surface area contributed by atoms with Crippen molar-refractivity contribution in [2.45, 2.75) is 18.5 Å². The van der Waals surface area contributed by atoms with Gasteiger partial charge in [0.1, 0.15) is 11.3 Å². The van der Waals surface area contributed by atoms with E-state index in [1.165, 1.54) is 7.11 Å². The number of furan rings is 1. The summed E-state index contributed by atoms with van der Waals surface area (Å²) >= 11 is 0. The van der Waals surface area contributed by atoms with Crippen molar-refractivity contribution in [2.75, 3.05) is 19.1 Å². The fourth-order valence-electron chi connectivity index (χ4n) is 4.39. The third kappa shape index (κ3) is 1.94. The van der Waals surface area contributed by atoms with Crippen LogP contribution in [-0.4, -0.2) is 26.0 Å².